The van der Waals surface area contributed by atoms with Gasteiger partial charge in [0.2, 0.25) is 0 Å². The SMILES string of the molecule is CCCCOC(=O)CCc1cccc(N)c1. The molecule has 0 saturated heterocycles. The van der Waals surface area contributed by atoms with Gasteiger partial charge in [-0.1, -0.05) is 25.5 Å². The van der Waals surface area contributed by atoms with E-state index in [1.807, 2.05) is 24.3 Å². The fourth-order valence-corrected chi connectivity index (χ4v) is 1.40. The van der Waals surface area contributed by atoms with Crippen LogP contribution in [-0.4, -0.2) is 12.6 Å². The number of carbonyl (C=O) groups is 1. The maximum absolute atomic E-state index is 11.3. The molecule has 0 aliphatic rings. The predicted molar refractivity (Wildman–Crippen MR) is 65.0 cm³/mol. The van der Waals surface area contributed by atoms with Crippen LogP contribution in [-0.2, 0) is 16.0 Å². The molecule has 0 unspecified atom stereocenters. The lowest BCUT2D eigenvalue weighted by Crippen LogP contribution is -2.06. The van der Waals surface area contributed by atoms with Crippen molar-refractivity contribution in [3.63, 3.8) is 0 Å². The van der Waals surface area contributed by atoms with Crippen molar-refractivity contribution in [2.45, 2.75) is 32.6 Å². The summed E-state index contributed by atoms with van der Waals surface area (Å²) in [5.41, 5.74) is 7.46. The number of nitrogen functional groups attached to an aromatic ring is 1. The largest absolute Gasteiger partial charge is 0.466 e. The van der Waals surface area contributed by atoms with E-state index in [9.17, 15) is 4.79 Å². The second-order valence-electron chi connectivity index (χ2n) is 3.82. The van der Waals surface area contributed by atoms with E-state index in [1.165, 1.54) is 0 Å². The fraction of sp³-hybridized carbons (Fsp3) is 0.462. The maximum atomic E-state index is 11.3. The molecule has 88 valence electrons. The third-order valence-corrected chi connectivity index (χ3v) is 2.33. The van der Waals surface area contributed by atoms with Gasteiger partial charge in [0.25, 0.3) is 0 Å². The first-order valence-corrected chi connectivity index (χ1v) is 5.72. The van der Waals surface area contributed by atoms with E-state index < -0.39 is 0 Å². The Morgan fingerprint density at radius 2 is 2.25 bits per heavy atom. The molecule has 1 aromatic carbocycles. The van der Waals surface area contributed by atoms with Crippen LogP contribution >= 0.6 is 0 Å². The zero-order chi connectivity index (χ0) is 11.8. The quantitative estimate of drug-likeness (QED) is 0.456. The average molecular weight is 221 g/mol. The minimum Gasteiger partial charge on any atom is -0.466 e. The van der Waals surface area contributed by atoms with Crippen LogP contribution in [0.3, 0.4) is 0 Å². The van der Waals surface area contributed by atoms with Crippen molar-refractivity contribution < 1.29 is 9.53 Å². The molecule has 1 rings (SSSR count). The molecule has 16 heavy (non-hydrogen) atoms. The summed E-state index contributed by atoms with van der Waals surface area (Å²) in [5, 5.41) is 0. The Balaban J connectivity index is 2.26. The lowest BCUT2D eigenvalue weighted by molar-refractivity contribution is -0.143. The van der Waals surface area contributed by atoms with Gasteiger partial charge in [-0.25, -0.2) is 0 Å². The van der Waals surface area contributed by atoms with E-state index in [4.69, 9.17) is 10.5 Å². The Morgan fingerprint density at radius 3 is 2.94 bits per heavy atom. The van der Waals surface area contributed by atoms with E-state index in [2.05, 4.69) is 6.92 Å². The smallest absolute Gasteiger partial charge is 0.306 e. The average Bonchev–Trinajstić information content (AvgIpc) is 2.27. The van der Waals surface area contributed by atoms with Gasteiger partial charge in [0.05, 0.1) is 6.61 Å². The molecule has 3 nitrogen and oxygen atoms in total. The van der Waals surface area contributed by atoms with Crippen molar-refractivity contribution in [1.29, 1.82) is 0 Å². The molecule has 0 saturated carbocycles. The molecule has 0 aliphatic heterocycles. The normalized spacial score (nSPS) is 10.1. The number of aryl methyl sites for hydroxylation is 1. The third-order valence-electron chi connectivity index (χ3n) is 2.33. The number of benzene rings is 1. The molecule has 3 heteroatoms. The number of unbranched alkanes of at least 4 members (excludes halogenated alkanes) is 1. The van der Waals surface area contributed by atoms with Gasteiger partial charge in [-0.2, -0.15) is 0 Å². The molecule has 0 spiro atoms. The highest BCUT2D eigenvalue weighted by molar-refractivity contribution is 5.69. The van der Waals surface area contributed by atoms with E-state index in [0.717, 1.165) is 24.1 Å². The van der Waals surface area contributed by atoms with Crippen molar-refractivity contribution in [1.82, 2.24) is 0 Å². The van der Waals surface area contributed by atoms with Crippen LogP contribution in [0.4, 0.5) is 5.69 Å². The first kappa shape index (κ1) is 12.6. The number of esters is 1. The molecule has 0 aliphatic carbocycles. The van der Waals surface area contributed by atoms with Crippen molar-refractivity contribution >= 4 is 11.7 Å². The second-order valence-corrected chi connectivity index (χ2v) is 3.82. The first-order chi connectivity index (χ1) is 7.72. The summed E-state index contributed by atoms with van der Waals surface area (Å²) in [6, 6.07) is 7.59. The van der Waals surface area contributed by atoms with Crippen molar-refractivity contribution in [3.05, 3.63) is 29.8 Å². The van der Waals surface area contributed by atoms with Gasteiger partial charge in [0.15, 0.2) is 0 Å². The summed E-state index contributed by atoms with van der Waals surface area (Å²) in [4.78, 5) is 11.3. The molecule has 0 amide bonds. The number of carbonyl (C=O) groups excluding carboxylic acids is 1. The van der Waals surface area contributed by atoms with E-state index in [0.29, 0.717) is 19.4 Å². The van der Waals surface area contributed by atoms with Gasteiger partial charge < -0.3 is 10.5 Å². The summed E-state index contributed by atoms with van der Waals surface area (Å²) >= 11 is 0. The van der Waals surface area contributed by atoms with E-state index in [-0.39, 0.29) is 5.97 Å². The highest BCUT2D eigenvalue weighted by Gasteiger charge is 2.03. The van der Waals surface area contributed by atoms with Crippen LogP contribution in [0, 0.1) is 0 Å². The molecule has 0 aromatic heterocycles. The van der Waals surface area contributed by atoms with Crippen LogP contribution < -0.4 is 5.73 Å². The fourth-order valence-electron chi connectivity index (χ4n) is 1.40. The molecular weight excluding hydrogens is 202 g/mol. The van der Waals surface area contributed by atoms with Gasteiger partial charge in [0.1, 0.15) is 0 Å². The number of hydrogen-bond acceptors (Lipinski definition) is 3. The summed E-state index contributed by atoms with van der Waals surface area (Å²) in [7, 11) is 0. The molecule has 0 fully saturated rings. The Kier molecular flexibility index (Phi) is 5.40. The Bertz CT molecular complexity index is 336. The van der Waals surface area contributed by atoms with Crippen LogP contribution in [0.2, 0.25) is 0 Å². The molecule has 1 aromatic rings. The lowest BCUT2D eigenvalue weighted by Gasteiger charge is -2.04. The highest BCUT2D eigenvalue weighted by atomic mass is 16.5. The summed E-state index contributed by atoms with van der Waals surface area (Å²) in [5.74, 6) is -0.129. The standard InChI is InChI=1S/C13H19NO2/c1-2-3-9-16-13(15)8-7-11-5-4-6-12(14)10-11/h4-6,10H,2-3,7-9,14H2,1H3. The number of nitrogens with two attached hydrogens (primary N) is 1. The summed E-state index contributed by atoms with van der Waals surface area (Å²) in [6.07, 6.45) is 3.09. The highest BCUT2D eigenvalue weighted by Crippen LogP contribution is 2.09. The van der Waals surface area contributed by atoms with E-state index in [1.54, 1.807) is 0 Å². The Labute approximate surface area is 96.6 Å². The molecule has 0 atom stereocenters. The lowest BCUT2D eigenvalue weighted by atomic mass is 10.1. The first-order valence-electron chi connectivity index (χ1n) is 5.72. The zero-order valence-electron chi connectivity index (χ0n) is 9.74. The molecule has 0 heterocycles. The molecule has 0 radical (unpaired) electrons. The summed E-state index contributed by atoms with van der Waals surface area (Å²) < 4.78 is 5.06. The van der Waals surface area contributed by atoms with Crippen molar-refractivity contribution in [3.8, 4) is 0 Å². The van der Waals surface area contributed by atoms with Gasteiger partial charge in [-0.05, 0) is 30.5 Å². The Hall–Kier alpha value is -1.51. The van der Waals surface area contributed by atoms with Crippen LogP contribution in [0.5, 0.6) is 0 Å². The molecular formula is C13H19NO2. The topological polar surface area (TPSA) is 52.3 Å². The van der Waals surface area contributed by atoms with Gasteiger partial charge in [-0.3, -0.25) is 4.79 Å². The number of rotatable bonds is 6. The maximum Gasteiger partial charge on any atom is 0.306 e. The number of hydrogen-bond donors (Lipinski definition) is 1. The monoisotopic (exact) mass is 221 g/mol. The van der Waals surface area contributed by atoms with Crippen LogP contribution in [0.25, 0.3) is 0 Å². The van der Waals surface area contributed by atoms with Crippen molar-refractivity contribution in [2.24, 2.45) is 0 Å². The van der Waals surface area contributed by atoms with Crippen LogP contribution in [0.1, 0.15) is 31.7 Å². The molecule has 0 bridgehead atoms. The van der Waals surface area contributed by atoms with Crippen LogP contribution in [0.15, 0.2) is 24.3 Å². The van der Waals surface area contributed by atoms with Gasteiger partial charge in [-0.15, -0.1) is 0 Å². The minimum atomic E-state index is -0.129. The van der Waals surface area contributed by atoms with Gasteiger partial charge in [0, 0.05) is 12.1 Å². The summed E-state index contributed by atoms with van der Waals surface area (Å²) in [6.45, 7) is 2.60. The molecule has 2 N–H and O–H groups in total. The number of ether oxygens (including phenoxy) is 1. The minimum absolute atomic E-state index is 0.129. The zero-order valence-corrected chi connectivity index (χ0v) is 9.74. The predicted octanol–water partition coefficient (Wildman–Crippen LogP) is 2.54. The van der Waals surface area contributed by atoms with Crippen molar-refractivity contribution in [2.75, 3.05) is 12.3 Å². The Morgan fingerprint density at radius 1 is 1.44 bits per heavy atom. The second kappa shape index (κ2) is 6.88. The van der Waals surface area contributed by atoms with E-state index >= 15 is 0 Å². The van der Waals surface area contributed by atoms with Gasteiger partial charge >= 0.3 is 5.97 Å². The number of anilines is 1. The third kappa shape index (κ3) is 4.82.